The molecule has 0 atom stereocenters. The number of hydrogen-bond acceptors (Lipinski definition) is 2. The van der Waals surface area contributed by atoms with E-state index < -0.39 is 0 Å². The number of hydrogen-bond donors (Lipinski definition) is 2. The number of benzene rings is 1. The van der Waals surface area contributed by atoms with Gasteiger partial charge < -0.3 is 10.1 Å². The standard InChI is InChI=1S/C14H16N2O/c1-14(2)7-11-13(16-12(8-17)15-11)9-5-3-4-6-10(9)14/h3-6,17H,7-8H2,1-2H3,(H,15,16). The number of aliphatic hydroxyl groups excluding tert-OH is 1. The normalized spacial score (nSPS) is 16.4. The lowest BCUT2D eigenvalue weighted by Gasteiger charge is -2.31. The second-order valence-corrected chi connectivity index (χ2v) is 5.28. The van der Waals surface area contributed by atoms with Crippen LogP contribution in [0.5, 0.6) is 0 Å². The highest BCUT2D eigenvalue weighted by Crippen LogP contribution is 2.41. The molecule has 3 heteroatoms. The van der Waals surface area contributed by atoms with Gasteiger partial charge in [-0.05, 0) is 17.4 Å². The summed E-state index contributed by atoms with van der Waals surface area (Å²) in [5.74, 6) is 0.655. The maximum atomic E-state index is 9.17. The van der Waals surface area contributed by atoms with Crippen molar-refractivity contribution in [2.45, 2.75) is 32.3 Å². The van der Waals surface area contributed by atoms with Crippen LogP contribution >= 0.6 is 0 Å². The third-order valence-electron chi connectivity index (χ3n) is 3.51. The SMILES string of the molecule is CC1(C)Cc2[nH]c(CO)nc2-c2ccccc21. The second kappa shape index (κ2) is 3.44. The Bertz CT molecular complexity index is 569. The van der Waals surface area contributed by atoms with Gasteiger partial charge in [-0.25, -0.2) is 4.98 Å². The van der Waals surface area contributed by atoms with Crippen LogP contribution in [0.25, 0.3) is 11.3 Å². The fraction of sp³-hybridized carbons (Fsp3) is 0.357. The average Bonchev–Trinajstić information content (AvgIpc) is 2.71. The summed E-state index contributed by atoms with van der Waals surface area (Å²) in [6.45, 7) is 4.46. The Morgan fingerprint density at radius 3 is 2.88 bits per heavy atom. The number of aromatic amines is 1. The number of nitrogens with one attached hydrogen (secondary N) is 1. The Hall–Kier alpha value is -1.61. The summed E-state index contributed by atoms with van der Waals surface area (Å²) in [6, 6.07) is 8.39. The lowest BCUT2D eigenvalue weighted by molar-refractivity contribution is 0.272. The maximum absolute atomic E-state index is 9.17. The Balaban J connectivity index is 2.26. The van der Waals surface area contributed by atoms with Crippen molar-refractivity contribution in [2.24, 2.45) is 0 Å². The zero-order chi connectivity index (χ0) is 12.0. The Kier molecular flexibility index (Phi) is 2.13. The van der Waals surface area contributed by atoms with E-state index in [1.165, 1.54) is 11.1 Å². The molecule has 0 fully saturated rings. The summed E-state index contributed by atoms with van der Waals surface area (Å²) in [4.78, 5) is 7.69. The molecule has 0 radical (unpaired) electrons. The molecule has 1 heterocycles. The first-order valence-electron chi connectivity index (χ1n) is 5.90. The number of aromatic nitrogens is 2. The molecule has 0 spiro atoms. The largest absolute Gasteiger partial charge is 0.388 e. The Morgan fingerprint density at radius 2 is 2.12 bits per heavy atom. The van der Waals surface area contributed by atoms with E-state index in [9.17, 15) is 5.11 Å². The van der Waals surface area contributed by atoms with Gasteiger partial charge in [0.1, 0.15) is 12.4 Å². The molecule has 3 rings (SSSR count). The van der Waals surface area contributed by atoms with E-state index in [0.717, 1.165) is 17.8 Å². The van der Waals surface area contributed by atoms with Crippen LogP contribution in [-0.4, -0.2) is 15.1 Å². The van der Waals surface area contributed by atoms with E-state index in [2.05, 4.69) is 42.0 Å². The molecule has 17 heavy (non-hydrogen) atoms. The third kappa shape index (κ3) is 1.50. The highest BCUT2D eigenvalue weighted by Gasteiger charge is 2.32. The van der Waals surface area contributed by atoms with E-state index in [1.54, 1.807) is 0 Å². The second-order valence-electron chi connectivity index (χ2n) is 5.28. The van der Waals surface area contributed by atoms with Crippen molar-refractivity contribution in [3.05, 3.63) is 41.3 Å². The number of rotatable bonds is 1. The van der Waals surface area contributed by atoms with Crippen LogP contribution in [0.3, 0.4) is 0 Å². The van der Waals surface area contributed by atoms with Crippen molar-refractivity contribution in [3.8, 4) is 11.3 Å². The molecule has 0 aliphatic heterocycles. The van der Waals surface area contributed by atoms with E-state index in [4.69, 9.17) is 0 Å². The Morgan fingerprint density at radius 1 is 1.35 bits per heavy atom. The maximum Gasteiger partial charge on any atom is 0.132 e. The molecule has 0 bridgehead atoms. The molecule has 1 aromatic heterocycles. The molecular weight excluding hydrogens is 212 g/mol. The van der Waals surface area contributed by atoms with Gasteiger partial charge in [0.2, 0.25) is 0 Å². The highest BCUT2D eigenvalue weighted by molar-refractivity contribution is 5.70. The van der Waals surface area contributed by atoms with E-state index in [0.29, 0.717) is 5.82 Å². The summed E-state index contributed by atoms with van der Waals surface area (Å²) in [6.07, 6.45) is 0.937. The lowest BCUT2D eigenvalue weighted by atomic mass is 9.73. The van der Waals surface area contributed by atoms with Gasteiger partial charge in [-0.2, -0.15) is 0 Å². The van der Waals surface area contributed by atoms with Gasteiger partial charge >= 0.3 is 0 Å². The molecule has 1 aromatic carbocycles. The molecular formula is C14H16N2O. The van der Waals surface area contributed by atoms with Gasteiger partial charge in [0.15, 0.2) is 0 Å². The summed E-state index contributed by atoms with van der Waals surface area (Å²) in [5.41, 5.74) is 4.78. The zero-order valence-corrected chi connectivity index (χ0v) is 10.1. The number of imidazole rings is 1. The summed E-state index contributed by atoms with van der Waals surface area (Å²) < 4.78 is 0. The minimum atomic E-state index is -0.0321. The Labute approximate surface area is 101 Å². The zero-order valence-electron chi connectivity index (χ0n) is 10.1. The smallest absolute Gasteiger partial charge is 0.132 e. The van der Waals surface area contributed by atoms with Crippen LogP contribution in [0.15, 0.2) is 24.3 Å². The third-order valence-corrected chi connectivity index (χ3v) is 3.51. The summed E-state index contributed by atoms with van der Waals surface area (Å²) in [7, 11) is 0. The van der Waals surface area contributed by atoms with Gasteiger partial charge in [0, 0.05) is 11.3 Å². The van der Waals surface area contributed by atoms with Crippen LogP contribution in [0.4, 0.5) is 0 Å². The molecule has 1 aliphatic rings. The number of fused-ring (bicyclic) bond motifs is 3. The molecule has 0 saturated carbocycles. The van der Waals surface area contributed by atoms with Crippen LogP contribution in [0, 0.1) is 0 Å². The van der Waals surface area contributed by atoms with Crippen LogP contribution in [0.1, 0.15) is 30.9 Å². The summed E-state index contributed by atoms with van der Waals surface area (Å²) >= 11 is 0. The van der Waals surface area contributed by atoms with Crippen molar-refractivity contribution >= 4 is 0 Å². The first kappa shape index (κ1) is 10.5. The molecule has 3 nitrogen and oxygen atoms in total. The lowest BCUT2D eigenvalue weighted by Crippen LogP contribution is -2.25. The fourth-order valence-electron chi connectivity index (χ4n) is 2.71. The summed E-state index contributed by atoms with van der Waals surface area (Å²) in [5, 5.41) is 9.17. The number of H-pyrrole nitrogens is 1. The molecule has 88 valence electrons. The van der Waals surface area contributed by atoms with Crippen LogP contribution in [-0.2, 0) is 18.4 Å². The minimum Gasteiger partial charge on any atom is -0.388 e. The fourth-order valence-corrected chi connectivity index (χ4v) is 2.71. The predicted molar refractivity (Wildman–Crippen MR) is 66.7 cm³/mol. The molecule has 0 saturated heterocycles. The quantitative estimate of drug-likeness (QED) is 0.787. The van der Waals surface area contributed by atoms with Gasteiger partial charge in [0.05, 0.1) is 5.69 Å². The van der Waals surface area contributed by atoms with Crippen molar-refractivity contribution in [3.63, 3.8) is 0 Å². The number of nitrogens with zero attached hydrogens (tertiary/aromatic N) is 1. The van der Waals surface area contributed by atoms with Crippen LogP contribution in [0.2, 0.25) is 0 Å². The van der Waals surface area contributed by atoms with E-state index in [1.807, 2.05) is 6.07 Å². The first-order valence-corrected chi connectivity index (χ1v) is 5.90. The van der Waals surface area contributed by atoms with Gasteiger partial charge in [-0.1, -0.05) is 38.1 Å². The predicted octanol–water partition coefficient (Wildman–Crippen LogP) is 2.40. The topological polar surface area (TPSA) is 48.9 Å². The molecule has 1 aliphatic carbocycles. The van der Waals surface area contributed by atoms with E-state index >= 15 is 0 Å². The van der Waals surface area contributed by atoms with Gasteiger partial charge in [-0.3, -0.25) is 0 Å². The first-order chi connectivity index (χ1) is 8.12. The molecule has 0 unspecified atom stereocenters. The van der Waals surface area contributed by atoms with E-state index in [-0.39, 0.29) is 12.0 Å². The monoisotopic (exact) mass is 228 g/mol. The molecule has 0 amide bonds. The van der Waals surface area contributed by atoms with Crippen molar-refractivity contribution in [1.82, 2.24) is 9.97 Å². The van der Waals surface area contributed by atoms with Crippen molar-refractivity contribution < 1.29 is 5.11 Å². The van der Waals surface area contributed by atoms with Crippen LogP contribution < -0.4 is 0 Å². The van der Waals surface area contributed by atoms with Crippen molar-refractivity contribution in [2.75, 3.05) is 0 Å². The van der Waals surface area contributed by atoms with Crippen molar-refractivity contribution in [1.29, 1.82) is 0 Å². The van der Waals surface area contributed by atoms with Gasteiger partial charge in [-0.15, -0.1) is 0 Å². The minimum absolute atomic E-state index is 0.0321. The average molecular weight is 228 g/mol. The number of aliphatic hydroxyl groups is 1. The highest BCUT2D eigenvalue weighted by atomic mass is 16.3. The molecule has 2 N–H and O–H groups in total. The molecule has 2 aromatic rings. The van der Waals surface area contributed by atoms with Gasteiger partial charge in [0.25, 0.3) is 0 Å².